The molecule has 48 heavy (non-hydrogen) atoms. The summed E-state index contributed by atoms with van der Waals surface area (Å²) < 4.78 is 98.7. The van der Waals surface area contributed by atoms with Gasteiger partial charge in [-0.15, -0.1) is 0 Å². The second-order valence-corrected chi connectivity index (χ2v) is 13.0. The molecular weight excluding hydrogens is 681 g/mol. The molecule has 0 radical (unpaired) electrons. The third-order valence-electron chi connectivity index (χ3n) is 7.27. The van der Waals surface area contributed by atoms with E-state index in [4.69, 9.17) is 17.3 Å². The first-order valence-electron chi connectivity index (χ1n) is 14.0. The van der Waals surface area contributed by atoms with Crippen molar-refractivity contribution in [1.82, 2.24) is 24.3 Å². The lowest BCUT2D eigenvalue weighted by atomic mass is 10.0. The molecule has 3 aromatic carbocycles. The van der Waals surface area contributed by atoms with Crippen molar-refractivity contribution in [2.24, 2.45) is 5.73 Å². The fraction of sp³-hybridized carbons (Fsp3) is 0.161. The summed E-state index contributed by atoms with van der Waals surface area (Å²) in [5.41, 5.74) is 5.70. The van der Waals surface area contributed by atoms with Crippen molar-refractivity contribution >= 4 is 49.4 Å². The Morgan fingerprint density at radius 2 is 1.69 bits per heavy atom. The molecule has 10 nitrogen and oxygen atoms in total. The standard InChI is InChI=1S/C31H23ClF5N7O3S/c1-48(46,47)42-29-26-20(32)7-9-24(27(26)43(41-29)14-25(36)37)44-30(22(38)12-15-10-16(33)13-17(34)11-15)40-28-19(31(44)45)6-8-23(39-28)18-4-2-3-5-21(18)35/h2-11,13,22,25H,12,14,38H2,1H3,(H,41,42)/t22-/m0/s1. The normalized spacial score (nSPS) is 12.7. The van der Waals surface area contributed by atoms with Gasteiger partial charge in [0.2, 0.25) is 10.0 Å². The van der Waals surface area contributed by atoms with E-state index in [1.54, 1.807) is 6.07 Å². The first-order chi connectivity index (χ1) is 22.7. The zero-order valence-electron chi connectivity index (χ0n) is 24.6. The van der Waals surface area contributed by atoms with E-state index in [0.29, 0.717) is 6.07 Å². The summed E-state index contributed by atoms with van der Waals surface area (Å²) in [6.07, 6.45) is -2.40. The van der Waals surface area contributed by atoms with Gasteiger partial charge in [0.1, 0.15) is 29.8 Å². The van der Waals surface area contributed by atoms with Gasteiger partial charge in [-0.1, -0.05) is 23.7 Å². The lowest BCUT2D eigenvalue weighted by molar-refractivity contribution is 0.123. The van der Waals surface area contributed by atoms with E-state index in [1.165, 1.54) is 42.5 Å². The Bertz CT molecular complexity index is 2380. The van der Waals surface area contributed by atoms with Gasteiger partial charge >= 0.3 is 0 Å². The zero-order valence-corrected chi connectivity index (χ0v) is 26.2. The van der Waals surface area contributed by atoms with Gasteiger partial charge in [0, 0.05) is 11.6 Å². The van der Waals surface area contributed by atoms with Gasteiger partial charge in [-0.3, -0.25) is 18.8 Å². The first-order valence-corrected chi connectivity index (χ1v) is 16.3. The van der Waals surface area contributed by atoms with E-state index in [-0.39, 0.29) is 67.5 Å². The Kier molecular flexibility index (Phi) is 8.65. The summed E-state index contributed by atoms with van der Waals surface area (Å²) in [5, 5.41) is 3.76. The number of nitrogens with one attached hydrogen (secondary N) is 1. The van der Waals surface area contributed by atoms with Crippen LogP contribution in [-0.2, 0) is 23.0 Å². The highest BCUT2D eigenvalue weighted by molar-refractivity contribution is 7.92. The van der Waals surface area contributed by atoms with Gasteiger partial charge in [-0.2, -0.15) is 5.10 Å². The molecule has 248 valence electrons. The average molecular weight is 704 g/mol. The van der Waals surface area contributed by atoms with Gasteiger partial charge in [-0.05, 0) is 60.5 Å². The highest BCUT2D eigenvalue weighted by Crippen LogP contribution is 2.36. The van der Waals surface area contributed by atoms with Gasteiger partial charge in [0.15, 0.2) is 11.5 Å². The van der Waals surface area contributed by atoms with E-state index in [2.05, 4.69) is 19.8 Å². The van der Waals surface area contributed by atoms with Crippen molar-refractivity contribution in [3.8, 4) is 16.9 Å². The van der Waals surface area contributed by atoms with Gasteiger partial charge in [-0.25, -0.2) is 40.3 Å². The smallest absolute Gasteiger partial charge is 0.267 e. The molecule has 0 aliphatic rings. The lowest BCUT2D eigenvalue weighted by Crippen LogP contribution is -2.30. The third-order valence-corrected chi connectivity index (χ3v) is 8.15. The summed E-state index contributed by atoms with van der Waals surface area (Å²) in [6.45, 7) is -1.03. The molecule has 3 N–H and O–H groups in total. The van der Waals surface area contributed by atoms with Gasteiger partial charge < -0.3 is 5.73 Å². The number of anilines is 1. The molecule has 0 fully saturated rings. The monoisotopic (exact) mass is 703 g/mol. The zero-order chi connectivity index (χ0) is 34.5. The molecule has 0 amide bonds. The molecule has 6 aromatic rings. The highest BCUT2D eigenvalue weighted by atomic mass is 35.5. The molecule has 0 spiro atoms. The van der Waals surface area contributed by atoms with E-state index < -0.39 is 52.0 Å². The van der Waals surface area contributed by atoms with E-state index >= 15 is 0 Å². The number of rotatable bonds is 9. The second-order valence-electron chi connectivity index (χ2n) is 10.8. The van der Waals surface area contributed by atoms with Crippen LogP contribution in [0.2, 0.25) is 5.02 Å². The van der Waals surface area contributed by atoms with Gasteiger partial charge in [0.05, 0.1) is 45.0 Å². The summed E-state index contributed by atoms with van der Waals surface area (Å²) >= 11 is 6.45. The van der Waals surface area contributed by atoms with Crippen LogP contribution in [0.5, 0.6) is 0 Å². The molecule has 0 saturated carbocycles. The Labute approximate surface area is 273 Å². The number of hydrogen-bond acceptors (Lipinski definition) is 7. The molecule has 3 heterocycles. The van der Waals surface area contributed by atoms with Crippen LogP contribution in [0.25, 0.3) is 38.9 Å². The van der Waals surface area contributed by atoms with Crippen molar-refractivity contribution in [3.05, 3.63) is 111 Å². The van der Waals surface area contributed by atoms with Crippen LogP contribution >= 0.6 is 11.6 Å². The van der Waals surface area contributed by atoms with E-state index in [1.807, 2.05) is 0 Å². The van der Waals surface area contributed by atoms with Gasteiger partial charge in [0.25, 0.3) is 12.0 Å². The van der Waals surface area contributed by atoms with E-state index in [9.17, 15) is 35.2 Å². The summed E-state index contributed by atoms with van der Waals surface area (Å²) in [4.78, 5) is 23.3. The number of halogens is 6. The number of aromatic nitrogens is 5. The Hall–Kier alpha value is -4.93. The van der Waals surface area contributed by atoms with Crippen LogP contribution in [0.3, 0.4) is 0 Å². The Morgan fingerprint density at radius 1 is 0.979 bits per heavy atom. The number of nitrogens with two attached hydrogens (primary N) is 1. The first kappa shape index (κ1) is 33.0. The third kappa shape index (κ3) is 6.46. The minimum Gasteiger partial charge on any atom is -0.321 e. The van der Waals surface area contributed by atoms with Crippen LogP contribution in [0.15, 0.2) is 71.5 Å². The van der Waals surface area contributed by atoms with Crippen molar-refractivity contribution in [3.63, 3.8) is 0 Å². The molecule has 3 aromatic heterocycles. The average Bonchev–Trinajstić information content (AvgIpc) is 3.33. The highest BCUT2D eigenvalue weighted by Gasteiger charge is 2.27. The van der Waals surface area contributed by atoms with Crippen molar-refractivity contribution < 1.29 is 30.4 Å². The minimum absolute atomic E-state index is 0.0830. The fourth-order valence-electron chi connectivity index (χ4n) is 5.41. The number of fused-ring (bicyclic) bond motifs is 2. The van der Waals surface area contributed by atoms with E-state index in [0.717, 1.165) is 27.6 Å². The van der Waals surface area contributed by atoms with Crippen molar-refractivity contribution in [1.29, 1.82) is 0 Å². The minimum atomic E-state index is -3.98. The quantitative estimate of drug-likeness (QED) is 0.183. The molecule has 0 aliphatic carbocycles. The molecule has 0 unspecified atom stereocenters. The van der Waals surface area contributed by atoms with Crippen LogP contribution in [0.4, 0.5) is 27.8 Å². The molecule has 1 atom stereocenters. The maximum Gasteiger partial charge on any atom is 0.267 e. The molecule has 0 saturated heterocycles. The number of nitrogens with zero attached hydrogens (tertiary/aromatic N) is 5. The van der Waals surface area contributed by atoms with Crippen LogP contribution < -0.4 is 16.0 Å². The largest absolute Gasteiger partial charge is 0.321 e. The molecular formula is C31H23ClF5N7O3S. The Balaban J connectivity index is 1.66. The topological polar surface area (TPSA) is 138 Å². The molecule has 17 heteroatoms. The van der Waals surface area contributed by atoms with Crippen molar-refractivity contribution in [2.45, 2.75) is 25.4 Å². The SMILES string of the molecule is CS(=O)(=O)Nc1nn(CC(F)F)c2c(-n3c([C@@H](N)Cc4cc(F)cc(F)c4)nc4nc(-c5ccccc5F)ccc4c3=O)ccc(Cl)c12. The maximum absolute atomic E-state index is 14.6. The van der Waals surface area contributed by atoms with Crippen LogP contribution in [0.1, 0.15) is 17.4 Å². The van der Waals surface area contributed by atoms with Crippen LogP contribution in [0, 0.1) is 17.5 Å². The maximum atomic E-state index is 14.6. The fourth-order valence-corrected chi connectivity index (χ4v) is 6.15. The number of benzene rings is 3. The summed E-state index contributed by atoms with van der Waals surface area (Å²) in [6, 6.07) is 12.6. The number of pyridine rings is 1. The molecule has 0 bridgehead atoms. The predicted molar refractivity (Wildman–Crippen MR) is 170 cm³/mol. The number of alkyl halides is 2. The molecule has 6 rings (SSSR count). The second kappa shape index (κ2) is 12.6. The predicted octanol–water partition coefficient (Wildman–Crippen LogP) is 5.75. The van der Waals surface area contributed by atoms with Crippen molar-refractivity contribution in [2.75, 3.05) is 11.0 Å². The lowest BCUT2D eigenvalue weighted by Gasteiger charge is -2.20. The summed E-state index contributed by atoms with van der Waals surface area (Å²) in [5.74, 6) is -2.94. The summed E-state index contributed by atoms with van der Waals surface area (Å²) in [7, 11) is -3.98. The number of hydrogen-bond donors (Lipinski definition) is 2. The Morgan fingerprint density at radius 3 is 2.35 bits per heavy atom. The van der Waals surface area contributed by atoms with Crippen LogP contribution in [-0.4, -0.2) is 45.4 Å². The number of sulfonamides is 1. The molecule has 0 aliphatic heterocycles.